The third-order valence-electron chi connectivity index (χ3n) is 4.73. The second-order valence-corrected chi connectivity index (χ2v) is 6.85. The fraction of sp³-hybridized carbons (Fsp3) is 0.0800. The summed E-state index contributed by atoms with van der Waals surface area (Å²) in [5, 5.41) is 9.99. The van der Waals surface area contributed by atoms with Gasteiger partial charge in [-0.05, 0) is 42.8 Å². The van der Waals surface area contributed by atoms with Gasteiger partial charge >= 0.3 is 0 Å². The monoisotopic (exact) mass is 412 g/mol. The molecule has 0 saturated heterocycles. The van der Waals surface area contributed by atoms with Gasteiger partial charge in [0.05, 0.1) is 23.2 Å². The van der Waals surface area contributed by atoms with E-state index in [0.717, 1.165) is 0 Å². The first-order valence-electron chi connectivity index (χ1n) is 9.83. The molecule has 1 aromatic heterocycles. The number of aromatic hydroxyl groups is 1. The number of nitrogens with zero attached hydrogens (tertiary/aromatic N) is 1. The second kappa shape index (κ2) is 8.67. The van der Waals surface area contributed by atoms with Crippen molar-refractivity contribution in [3.8, 4) is 11.5 Å². The number of carbonyl (C=O) groups is 1. The van der Waals surface area contributed by atoms with E-state index in [1.807, 2.05) is 19.1 Å². The van der Waals surface area contributed by atoms with Crippen LogP contribution >= 0.6 is 0 Å². The van der Waals surface area contributed by atoms with E-state index in [1.165, 1.54) is 6.07 Å². The molecule has 0 amide bonds. The minimum Gasteiger partial charge on any atom is -0.504 e. The van der Waals surface area contributed by atoms with Crippen molar-refractivity contribution in [2.45, 2.75) is 6.92 Å². The molecule has 3 aromatic carbocycles. The molecule has 0 spiro atoms. The highest BCUT2D eigenvalue weighted by atomic mass is 16.5. The lowest BCUT2D eigenvalue weighted by Crippen LogP contribution is -2.18. The van der Waals surface area contributed by atoms with E-state index >= 15 is 0 Å². The Labute approximate surface area is 178 Å². The van der Waals surface area contributed by atoms with Crippen LogP contribution in [0.4, 0.5) is 0 Å². The molecule has 2 N–H and O–H groups in total. The normalized spacial score (nSPS) is 11.5. The van der Waals surface area contributed by atoms with Gasteiger partial charge in [0.1, 0.15) is 5.69 Å². The molecule has 0 saturated carbocycles. The van der Waals surface area contributed by atoms with Gasteiger partial charge in [-0.25, -0.2) is 4.98 Å². The van der Waals surface area contributed by atoms with Crippen LogP contribution in [0.15, 0.2) is 77.6 Å². The molecule has 0 aliphatic heterocycles. The largest absolute Gasteiger partial charge is 0.504 e. The zero-order chi connectivity index (χ0) is 21.8. The highest BCUT2D eigenvalue weighted by molar-refractivity contribution is 6.32. The van der Waals surface area contributed by atoms with Gasteiger partial charge in [-0.2, -0.15) is 0 Å². The Kier molecular flexibility index (Phi) is 5.62. The second-order valence-electron chi connectivity index (χ2n) is 6.85. The van der Waals surface area contributed by atoms with Crippen LogP contribution in [0, 0.1) is 0 Å². The lowest BCUT2D eigenvalue weighted by molar-refractivity contribution is 0.105. The minimum absolute atomic E-state index is 0.00314. The van der Waals surface area contributed by atoms with Crippen molar-refractivity contribution in [1.29, 1.82) is 0 Å². The van der Waals surface area contributed by atoms with Crippen LogP contribution in [0.2, 0.25) is 0 Å². The zero-order valence-corrected chi connectivity index (χ0v) is 16.8. The van der Waals surface area contributed by atoms with Gasteiger partial charge in [0.2, 0.25) is 0 Å². The Morgan fingerprint density at radius 2 is 1.81 bits per heavy atom. The number of fused-ring (bicyclic) bond motifs is 1. The summed E-state index contributed by atoms with van der Waals surface area (Å²) >= 11 is 0. The van der Waals surface area contributed by atoms with E-state index in [1.54, 1.807) is 60.7 Å². The number of phenols is 1. The molecule has 154 valence electrons. The molecule has 6 nitrogen and oxygen atoms in total. The molecule has 4 rings (SSSR count). The maximum absolute atomic E-state index is 13.4. The van der Waals surface area contributed by atoms with E-state index in [9.17, 15) is 14.7 Å². The van der Waals surface area contributed by atoms with Crippen LogP contribution in [0.1, 0.15) is 28.5 Å². The molecule has 0 fully saturated rings. The van der Waals surface area contributed by atoms with Crippen LogP contribution in [-0.4, -0.2) is 27.5 Å². The van der Waals surface area contributed by atoms with Gasteiger partial charge in [0.15, 0.2) is 17.3 Å². The van der Waals surface area contributed by atoms with Gasteiger partial charge in [-0.1, -0.05) is 48.5 Å². The molecular formula is C25H20N2O4. The van der Waals surface area contributed by atoms with Crippen molar-refractivity contribution in [3.63, 3.8) is 0 Å². The number of Topliss-reactive ketones (excluding diaryl/α,β-unsaturated/α-hetero) is 1. The third kappa shape index (κ3) is 4.23. The van der Waals surface area contributed by atoms with E-state index in [0.29, 0.717) is 34.5 Å². The molecule has 0 unspecified atom stereocenters. The Morgan fingerprint density at radius 3 is 2.58 bits per heavy atom. The highest BCUT2D eigenvalue weighted by Crippen LogP contribution is 2.29. The van der Waals surface area contributed by atoms with Gasteiger partial charge < -0.3 is 14.8 Å². The number of hydrogen-bond donors (Lipinski definition) is 2. The summed E-state index contributed by atoms with van der Waals surface area (Å²) in [5.41, 5.74) is 1.90. The first-order chi connectivity index (χ1) is 15.1. The predicted octanol–water partition coefficient (Wildman–Crippen LogP) is 4.45. The van der Waals surface area contributed by atoms with Crippen molar-refractivity contribution < 1.29 is 14.6 Å². The van der Waals surface area contributed by atoms with Gasteiger partial charge in [0, 0.05) is 5.56 Å². The summed E-state index contributed by atoms with van der Waals surface area (Å²) in [6.45, 7) is 2.19. The van der Waals surface area contributed by atoms with Crippen molar-refractivity contribution in [3.05, 3.63) is 100.0 Å². The molecule has 0 atom stereocenters. The maximum Gasteiger partial charge on any atom is 0.275 e. The number of H-pyrrole nitrogens is 1. The number of aromatic nitrogens is 2. The number of nitrogens with one attached hydrogen (secondary N) is 1. The number of ether oxygens (including phenoxy) is 1. The molecule has 4 aromatic rings. The van der Waals surface area contributed by atoms with Crippen LogP contribution in [0.25, 0.3) is 22.7 Å². The van der Waals surface area contributed by atoms with Crippen LogP contribution in [-0.2, 0) is 0 Å². The van der Waals surface area contributed by atoms with Crippen molar-refractivity contribution in [1.82, 2.24) is 9.97 Å². The van der Waals surface area contributed by atoms with Crippen LogP contribution < -0.4 is 10.3 Å². The van der Waals surface area contributed by atoms with Crippen molar-refractivity contribution in [2.75, 3.05) is 6.61 Å². The van der Waals surface area contributed by atoms with E-state index in [4.69, 9.17) is 4.74 Å². The summed E-state index contributed by atoms with van der Waals surface area (Å²) in [6, 6.07) is 20.6. The molecule has 31 heavy (non-hydrogen) atoms. The van der Waals surface area contributed by atoms with Crippen LogP contribution in [0.5, 0.6) is 11.5 Å². The van der Waals surface area contributed by atoms with Gasteiger partial charge in [-0.15, -0.1) is 0 Å². The fourth-order valence-electron chi connectivity index (χ4n) is 3.26. The number of rotatable bonds is 6. The number of aromatic amines is 1. The molecule has 6 heteroatoms. The summed E-state index contributed by atoms with van der Waals surface area (Å²) in [4.78, 5) is 33.5. The minimum atomic E-state index is -0.460. The Morgan fingerprint density at radius 1 is 1.06 bits per heavy atom. The predicted molar refractivity (Wildman–Crippen MR) is 120 cm³/mol. The van der Waals surface area contributed by atoms with E-state index < -0.39 is 5.56 Å². The van der Waals surface area contributed by atoms with E-state index in [2.05, 4.69) is 9.97 Å². The number of para-hydroxylation sites is 2. The molecule has 0 aliphatic rings. The summed E-state index contributed by atoms with van der Waals surface area (Å²) < 4.78 is 5.44. The van der Waals surface area contributed by atoms with Crippen molar-refractivity contribution >= 4 is 28.5 Å². The average Bonchev–Trinajstić information content (AvgIpc) is 2.79. The first kappa shape index (κ1) is 20.1. The topological polar surface area (TPSA) is 92.3 Å². The fourth-order valence-corrected chi connectivity index (χ4v) is 3.26. The SMILES string of the molecule is CCOc1cc(/C=C(\C(=O)c2ccccc2)c2nc3ccccc3[nH]c2=O)ccc1O. The number of ketones is 1. The first-order valence-corrected chi connectivity index (χ1v) is 9.83. The quantitative estimate of drug-likeness (QED) is 0.361. The van der Waals surface area contributed by atoms with Crippen molar-refractivity contribution in [2.24, 2.45) is 0 Å². The molecule has 0 radical (unpaired) electrons. The van der Waals surface area contributed by atoms with Gasteiger partial charge in [-0.3, -0.25) is 9.59 Å². The number of benzene rings is 3. The molecule has 1 heterocycles. The Balaban J connectivity index is 1.92. The highest BCUT2D eigenvalue weighted by Gasteiger charge is 2.20. The smallest absolute Gasteiger partial charge is 0.275 e. The lowest BCUT2D eigenvalue weighted by atomic mass is 9.98. The molecular weight excluding hydrogens is 392 g/mol. The van der Waals surface area contributed by atoms with E-state index in [-0.39, 0.29) is 22.8 Å². The Bertz CT molecular complexity index is 1340. The maximum atomic E-state index is 13.4. The number of hydrogen-bond acceptors (Lipinski definition) is 5. The summed E-state index contributed by atoms with van der Waals surface area (Å²) in [7, 11) is 0. The number of allylic oxidation sites excluding steroid dienone is 1. The average molecular weight is 412 g/mol. The van der Waals surface area contributed by atoms with Gasteiger partial charge in [0.25, 0.3) is 5.56 Å². The standard InChI is InChI=1S/C25H20N2O4/c1-2-31-22-15-16(12-13-21(22)28)14-18(24(29)17-8-4-3-5-9-17)23-25(30)27-20-11-7-6-10-19(20)26-23/h3-15,28H,2H2,1H3,(H,27,30)/b18-14-. The lowest BCUT2D eigenvalue weighted by Gasteiger charge is -2.10. The number of phenolic OH excluding ortho intramolecular Hbond substituents is 1. The summed E-state index contributed by atoms with van der Waals surface area (Å²) in [5.74, 6) is -0.0420. The zero-order valence-electron chi connectivity index (χ0n) is 16.8. The summed E-state index contributed by atoms with van der Waals surface area (Å²) in [6.07, 6.45) is 1.59. The number of carbonyl (C=O) groups excluding carboxylic acids is 1. The van der Waals surface area contributed by atoms with Crippen LogP contribution in [0.3, 0.4) is 0 Å². The molecule has 0 aliphatic carbocycles. The Hall–Kier alpha value is -4.19. The third-order valence-corrected chi connectivity index (χ3v) is 4.73. The molecule has 0 bridgehead atoms.